The number of imide groups is 1. The Morgan fingerprint density at radius 1 is 1.08 bits per heavy atom. The minimum absolute atomic E-state index is 0.0356. The van der Waals surface area contributed by atoms with Crippen LogP contribution in [0.1, 0.15) is 40.2 Å². The zero-order valence-electron chi connectivity index (χ0n) is 15.6. The van der Waals surface area contributed by atoms with Crippen molar-refractivity contribution in [2.75, 3.05) is 5.32 Å². The van der Waals surface area contributed by atoms with Crippen molar-refractivity contribution in [1.82, 2.24) is 10.6 Å². The fourth-order valence-electron chi connectivity index (χ4n) is 1.95. The van der Waals surface area contributed by atoms with Crippen LogP contribution in [0.15, 0.2) is 24.3 Å². The lowest BCUT2D eigenvalue weighted by Gasteiger charge is -2.21. The molecule has 1 rings (SSSR count). The molecule has 0 aliphatic heterocycles. The van der Waals surface area contributed by atoms with Gasteiger partial charge < -0.3 is 15.4 Å². The molecule has 3 N–H and O–H groups in total. The lowest BCUT2D eigenvalue weighted by Crippen LogP contribution is -2.50. The summed E-state index contributed by atoms with van der Waals surface area (Å²) in [5, 5.41) is 7.32. The van der Waals surface area contributed by atoms with Crippen LogP contribution in [0, 0.1) is 0 Å². The van der Waals surface area contributed by atoms with Crippen LogP contribution < -0.4 is 16.0 Å². The molecular formula is C18H25N3O5. The molecule has 0 heterocycles. The van der Waals surface area contributed by atoms with Gasteiger partial charge in [-0.05, 0) is 45.4 Å². The maximum Gasteiger partial charge on any atom is 0.321 e. The predicted molar refractivity (Wildman–Crippen MR) is 96.4 cm³/mol. The summed E-state index contributed by atoms with van der Waals surface area (Å²) in [5.74, 6) is -1.50. The van der Waals surface area contributed by atoms with Gasteiger partial charge in [0.2, 0.25) is 5.91 Å². The lowest BCUT2D eigenvalue weighted by molar-refractivity contribution is -0.153. The quantitative estimate of drug-likeness (QED) is 0.690. The average Bonchev–Trinajstić information content (AvgIpc) is 2.46. The number of anilines is 1. The maximum absolute atomic E-state index is 11.9. The van der Waals surface area contributed by atoms with Gasteiger partial charge in [0.25, 0.3) is 5.91 Å². The Bertz CT molecular complexity index is 677. The summed E-state index contributed by atoms with van der Waals surface area (Å²) < 4.78 is 5.04. The van der Waals surface area contributed by atoms with Crippen LogP contribution in [0.25, 0.3) is 0 Å². The number of amides is 4. The van der Waals surface area contributed by atoms with Gasteiger partial charge >= 0.3 is 12.0 Å². The number of nitrogens with one attached hydrogen (secondary N) is 3. The molecule has 4 amide bonds. The van der Waals surface area contributed by atoms with Crippen LogP contribution in [0.5, 0.6) is 0 Å². The van der Waals surface area contributed by atoms with Crippen molar-refractivity contribution in [3.8, 4) is 0 Å². The second kappa shape index (κ2) is 8.98. The molecule has 0 saturated carbocycles. The van der Waals surface area contributed by atoms with Crippen LogP contribution in [0.2, 0.25) is 0 Å². The molecule has 0 aromatic heterocycles. The van der Waals surface area contributed by atoms with Crippen molar-refractivity contribution in [1.29, 1.82) is 0 Å². The van der Waals surface area contributed by atoms with E-state index in [0.29, 0.717) is 11.3 Å². The highest BCUT2D eigenvalue weighted by molar-refractivity contribution is 5.97. The van der Waals surface area contributed by atoms with E-state index in [0.717, 1.165) is 0 Å². The molecule has 142 valence electrons. The van der Waals surface area contributed by atoms with Gasteiger partial charge in [0, 0.05) is 18.2 Å². The Morgan fingerprint density at radius 3 is 2.15 bits per heavy atom. The molecule has 8 heteroatoms. The number of carbonyl (C=O) groups excluding carboxylic acids is 4. The van der Waals surface area contributed by atoms with E-state index in [1.165, 1.54) is 13.8 Å². The zero-order chi connectivity index (χ0) is 19.9. The highest BCUT2D eigenvalue weighted by Gasteiger charge is 2.22. The summed E-state index contributed by atoms with van der Waals surface area (Å²) in [6.45, 7) is 8.12. The summed E-state index contributed by atoms with van der Waals surface area (Å²) in [6, 6.07) is 6.02. The van der Waals surface area contributed by atoms with E-state index in [2.05, 4.69) is 16.0 Å². The molecule has 26 heavy (non-hydrogen) atoms. The average molecular weight is 363 g/mol. The van der Waals surface area contributed by atoms with Crippen molar-refractivity contribution >= 4 is 29.5 Å². The second-order valence-electron chi connectivity index (χ2n) is 6.88. The number of ether oxygens (including phenoxy) is 1. The summed E-state index contributed by atoms with van der Waals surface area (Å²) >= 11 is 0. The first-order valence-corrected chi connectivity index (χ1v) is 8.15. The summed E-state index contributed by atoms with van der Waals surface area (Å²) in [7, 11) is 0. The third-order valence-corrected chi connectivity index (χ3v) is 3.03. The van der Waals surface area contributed by atoms with Crippen molar-refractivity contribution in [3.63, 3.8) is 0 Å². The number of urea groups is 1. The number of rotatable bonds is 5. The smallest absolute Gasteiger partial charge is 0.321 e. The first-order valence-electron chi connectivity index (χ1n) is 8.15. The number of hydrogen-bond acceptors (Lipinski definition) is 5. The molecule has 1 aromatic carbocycles. The summed E-state index contributed by atoms with van der Waals surface area (Å²) in [6.07, 6.45) is -1.14. The molecule has 0 unspecified atom stereocenters. The van der Waals surface area contributed by atoms with E-state index in [9.17, 15) is 19.2 Å². The van der Waals surface area contributed by atoms with E-state index >= 15 is 0 Å². The monoisotopic (exact) mass is 363 g/mol. The van der Waals surface area contributed by atoms with Crippen molar-refractivity contribution in [2.24, 2.45) is 0 Å². The first-order chi connectivity index (χ1) is 12.0. The van der Waals surface area contributed by atoms with Crippen LogP contribution in [0.4, 0.5) is 10.5 Å². The van der Waals surface area contributed by atoms with Gasteiger partial charge in [-0.2, -0.15) is 0 Å². The largest absolute Gasteiger partial charge is 0.452 e. The summed E-state index contributed by atoms with van der Waals surface area (Å²) in [5.41, 5.74) is 0.794. The van der Waals surface area contributed by atoms with Gasteiger partial charge in [0.05, 0.1) is 6.42 Å². The summed E-state index contributed by atoms with van der Waals surface area (Å²) in [4.78, 5) is 46.4. The predicted octanol–water partition coefficient (Wildman–Crippen LogP) is 1.74. The molecule has 1 atom stereocenters. The lowest BCUT2D eigenvalue weighted by atomic mass is 10.1. The Labute approximate surface area is 152 Å². The number of esters is 1. The third-order valence-electron chi connectivity index (χ3n) is 3.03. The van der Waals surface area contributed by atoms with E-state index < -0.39 is 29.6 Å². The molecule has 1 aromatic rings. The molecular weight excluding hydrogens is 338 g/mol. The van der Waals surface area contributed by atoms with Crippen LogP contribution in [-0.4, -0.2) is 35.5 Å². The van der Waals surface area contributed by atoms with Gasteiger partial charge in [-0.3, -0.25) is 19.7 Å². The highest BCUT2D eigenvalue weighted by Crippen LogP contribution is 2.11. The normalized spacial score (nSPS) is 11.9. The highest BCUT2D eigenvalue weighted by atomic mass is 16.5. The van der Waals surface area contributed by atoms with Crippen LogP contribution in [0.3, 0.4) is 0 Å². The maximum atomic E-state index is 11.9. The Balaban J connectivity index is 2.49. The van der Waals surface area contributed by atoms with E-state index in [1.807, 2.05) is 0 Å². The van der Waals surface area contributed by atoms with Crippen molar-refractivity contribution in [2.45, 2.75) is 52.7 Å². The molecule has 0 aliphatic carbocycles. The standard InChI is InChI=1S/C18H25N3O5/c1-11(16(24)20-17(25)21-18(3,4)5)26-15(23)10-13-6-8-14(9-7-13)19-12(2)22/h6-9,11H,10H2,1-5H3,(H,19,22)(H2,20,21,24,25)/t11-/m1/s1. The Hall–Kier alpha value is -2.90. The van der Waals surface area contributed by atoms with Gasteiger partial charge in [-0.15, -0.1) is 0 Å². The molecule has 0 radical (unpaired) electrons. The van der Waals surface area contributed by atoms with Gasteiger partial charge in [0.15, 0.2) is 6.10 Å². The zero-order valence-corrected chi connectivity index (χ0v) is 15.6. The second-order valence-corrected chi connectivity index (χ2v) is 6.88. The minimum atomic E-state index is -1.10. The fraction of sp³-hybridized carbons (Fsp3) is 0.444. The molecule has 0 aliphatic rings. The third kappa shape index (κ3) is 8.27. The first kappa shape index (κ1) is 21.1. The number of carbonyl (C=O) groups is 4. The van der Waals surface area contributed by atoms with Gasteiger partial charge in [0.1, 0.15) is 0 Å². The van der Waals surface area contributed by atoms with Crippen LogP contribution >= 0.6 is 0 Å². The van der Waals surface area contributed by atoms with Crippen LogP contribution in [-0.2, 0) is 25.5 Å². The molecule has 0 fully saturated rings. The van der Waals surface area contributed by atoms with E-state index in [1.54, 1.807) is 45.0 Å². The molecule has 0 spiro atoms. The number of benzene rings is 1. The number of hydrogen-bond donors (Lipinski definition) is 3. The van der Waals surface area contributed by atoms with E-state index in [-0.39, 0.29) is 12.3 Å². The topological polar surface area (TPSA) is 114 Å². The van der Waals surface area contributed by atoms with E-state index in [4.69, 9.17) is 4.74 Å². The molecule has 0 bridgehead atoms. The Morgan fingerprint density at radius 2 is 1.65 bits per heavy atom. The molecule has 8 nitrogen and oxygen atoms in total. The van der Waals surface area contributed by atoms with Crippen molar-refractivity contribution < 1.29 is 23.9 Å². The Kier molecular flexibility index (Phi) is 7.30. The van der Waals surface area contributed by atoms with Gasteiger partial charge in [-0.1, -0.05) is 12.1 Å². The molecule has 0 saturated heterocycles. The SMILES string of the molecule is CC(=O)Nc1ccc(CC(=O)O[C@H](C)C(=O)NC(=O)NC(C)(C)C)cc1. The van der Waals surface area contributed by atoms with Gasteiger partial charge in [-0.25, -0.2) is 4.79 Å². The van der Waals surface area contributed by atoms with Crippen molar-refractivity contribution in [3.05, 3.63) is 29.8 Å². The fourth-order valence-corrected chi connectivity index (χ4v) is 1.95. The minimum Gasteiger partial charge on any atom is -0.452 e.